The van der Waals surface area contributed by atoms with E-state index >= 15 is 0 Å². The molecule has 1 aromatic rings. The van der Waals surface area contributed by atoms with Gasteiger partial charge in [-0.15, -0.1) is 0 Å². The number of hydrogen-bond acceptors (Lipinski definition) is 5. The fourth-order valence-corrected chi connectivity index (χ4v) is 2.71. The highest BCUT2D eigenvalue weighted by molar-refractivity contribution is 7.89. The third-order valence-electron chi connectivity index (χ3n) is 2.38. The summed E-state index contributed by atoms with van der Waals surface area (Å²) in [6.45, 7) is 2.52. The molecule has 1 rings (SSSR count). The molecule has 7 nitrogen and oxygen atoms in total. The molecule has 0 radical (unpaired) electrons. The van der Waals surface area contributed by atoms with E-state index in [1.54, 1.807) is 18.2 Å². The smallest absolute Gasteiger partial charge is 0.404 e. The number of para-hydroxylation sites is 1. The number of benzene rings is 1. The maximum atomic E-state index is 12.1. The summed E-state index contributed by atoms with van der Waals surface area (Å²) in [6, 6.07) is 6.61. The number of rotatable bonds is 8. The maximum Gasteiger partial charge on any atom is 0.404 e. The van der Waals surface area contributed by atoms with E-state index in [0.717, 1.165) is 6.42 Å². The van der Waals surface area contributed by atoms with Crippen molar-refractivity contribution in [1.29, 1.82) is 0 Å². The molecular weight excluding hydrogens is 282 g/mol. The van der Waals surface area contributed by atoms with E-state index < -0.39 is 16.1 Å². The van der Waals surface area contributed by atoms with Crippen LogP contribution in [0.1, 0.15) is 13.3 Å². The largest absolute Gasteiger partial charge is 0.448 e. The SMILES string of the molecule is CCCNc1ccccc1S(=O)(=O)NCCOC(N)=O. The molecule has 0 aromatic heterocycles. The van der Waals surface area contributed by atoms with Gasteiger partial charge in [0.05, 0.1) is 5.69 Å². The molecule has 0 aliphatic rings. The molecule has 0 fully saturated rings. The number of primary amides is 1. The van der Waals surface area contributed by atoms with Crippen LogP contribution < -0.4 is 15.8 Å². The van der Waals surface area contributed by atoms with Gasteiger partial charge in [-0.05, 0) is 18.6 Å². The highest BCUT2D eigenvalue weighted by Gasteiger charge is 2.17. The molecule has 0 aliphatic carbocycles. The Bertz CT molecular complexity index is 545. The van der Waals surface area contributed by atoms with E-state index in [1.807, 2.05) is 6.92 Å². The Morgan fingerprint density at radius 1 is 1.30 bits per heavy atom. The van der Waals surface area contributed by atoms with Crippen molar-refractivity contribution in [3.8, 4) is 0 Å². The van der Waals surface area contributed by atoms with Crippen LogP contribution in [0.15, 0.2) is 29.2 Å². The Balaban J connectivity index is 2.73. The van der Waals surface area contributed by atoms with Crippen LogP contribution in [0.3, 0.4) is 0 Å². The van der Waals surface area contributed by atoms with E-state index in [0.29, 0.717) is 12.2 Å². The number of hydrogen-bond donors (Lipinski definition) is 3. The van der Waals surface area contributed by atoms with E-state index in [9.17, 15) is 13.2 Å². The Morgan fingerprint density at radius 2 is 2.00 bits per heavy atom. The Hall–Kier alpha value is -1.80. The molecule has 1 amide bonds. The second-order valence-corrected chi connectivity index (χ2v) is 5.72. The van der Waals surface area contributed by atoms with Crippen LogP contribution in [0.25, 0.3) is 0 Å². The van der Waals surface area contributed by atoms with Gasteiger partial charge in [-0.2, -0.15) is 0 Å². The lowest BCUT2D eigenvalue weighted by Gasteiger charge is -2.12. The molecule has 0 atom stereocenters. The molecule has 4 N–H and O–H groups in total. The summed E-state index contributed by atoms with van der Waals surface area (Å²) in [5.74, 6) is 0. The Kier molecular flexibility index (Phi) is 6.26. The summed E-state index contributed by atoms with van der Waals surface area (Å²) < 4.78 is 31.1. The van der Waals surface area contributed by atoms with Crippen molar-refractivity contribution in [2.75, 3.05) is 25.0 Å². The Labute approximate surface area is 118 Å². The first kappa shape index (κ1) is 16.3. The average molecular weight is 301 g/mol. The van der Waals surface area contributed by atoms with Gasteiger partial charge in [-0.25, -0.2) is 17.9 Å². The monoisotopic (exact) mass is 301 g/mol. The first-order valence-corrected chi connectivity index (χ1v) is 7.70. The fraction of sp³-hybridized carbons (Fsp3) is 0.417. The number of sulfonamides is 1. The summed E-state index contributed by atoms with van der Waals surface area (Å²) in [5, 5.41) is 3.05. The minimum atomic E-state index is -3.66. The van der Waals surface area contributed by atoms with Gasteiger partial charge in [0.15, 0.2) is 0 Å². The van der Waals surface area contributed by atoms with Gasteiger partial charge in [0.25, 0.3) is 0 Å². The van der Waals surface area contributed by atoms with Crippen molar-refractivity contribution in [2.45, 2.75) is 18.2 Å². The topological polar surface area (TPSA) is 111 Å². The third-order valence-corrected chi connectivity index (χ3v) is 3.90. The van der Waals surface area contributed by atoms with E-state index in [2.05, 4.69) is 14.8 Å². The van der Waals surface area contributed by atoms with Crippen LogP contribution in [0, 0.1) is 0 Å². The van der Waals surface area contributed by atoms with Crippen molar-refractivity contribution < 1.29 is 17.9 Å². The molecule has 0 aliphatic heterocycles. The summed E-state index contributed by atoms with van der Waals surface area (Å²) in [4.78, 5) is 10.5. The van der Waals surface area contributed by atoms with Crippen molar-refractivity contribution in [3.63, 3.8) is 0 Å². The van der Waals surface area contributed by atoms with E-state index in [-0.39, 0.29) is 18.0 Å². The fourth-order valence-electron chi connectivity index (χ4n) is 1.51. The molecule has 8 heteroatoms. The zero-order chi connectivity index (χ0) is 15.0. The van der Waals surface area contributed by atoms with Crippen LogP contribution >= 0.6 is 0 Å². The predicted octanol–water partition coefficient (Wildman–Crippen LogP) is 0.882. The molecule has 0 saturated carbocycles. The second kappa shape index (κ2) is 7.71. The molecule has 0 spiro atoms. The number of carbonyl (C=O) groups is 1. The van der Waals surface area contributed by atoms with Crippen LogP contribution in [0.5, 0.6) is 0 Å². The minimum Gasteiger partial charge on any atom is -0.448 e. The van der Waals surface area contributed by atoms with Crippen molar-refractivity contribution in [3.05, 3.63) is 24.3 Å². The lowest BCUT2D eigenvalue weighted by molar-refractivity contribution is 0.159. The van der Waals surface area contributed by atoms with E-state index in [1.165, 1.54) is 6.07 Å². The number of nitrogens with one attached hydrogen (secondary N) is 2. The van der Waals surface area contributed by atoms with Crippen LogP contribution in [-0.4, -0.2) is 34.2 Å². The lowest BCUT2D eigenvalue weighted by Crippen LogP contribution is -2.29. The first-order valence-electron chi connectivity index (χ1n) is 6.22. The van der Waals surface area contributed by atoms with Gasteiger partial charge >= 0.3 is 6.09 Å². The van der Waals surface area contributed by atoms with Gasteiger partial charge in [-0.1, -0.05) is 19.1 Å². The molecule has 0 heterocycles. The molecule has 0 saturated heterocycles. The number of ether oxygens (including phenoxy) is 1. The second-order valence-electron chi connectivity index (χ2n) is 3.99. The lowest BCUT2D eigenvalue weighted by atomic mass is 10.3. The number of anilines is 1. The first-order chi connectivity index (χ1) is 9.47. The van der Waals surface area contributed by atoms with Crippen LogP contribution in [0.2, 0.25) is 0 Å². The predicted molar refractivity (Wildman–Crippen MR) is 75.9 cm³/mol. The van der Waals surface area contributed by atoms with Crippen molar-refractivity contribution in [2.24, 2.45) is 5.73 Å². The van der Waals surface area contributed by atoms with Crippen LogP contribution in [0.4, 0.5) is 10.5 Å². The van der Waals surface area contributed by atoms with E-state index in [4.69, 9.17) is 5.73 Å². The Morgan fingerprint density at radius 3 is 2.65 bits per heavy atom. The average Bonchev–Trinajstić information content (AvgIpc) is 2.41. The molecule has 1 aromatic carbocycles. The molecule has 20 heavy (non-hydrogen) atoms. The van der Waals surface area contributed by atoms with Crippen molar-refractivity contribution >= 4 is 21.8 Å². The van der Waals surface area contributed by atoms with Crippen LogP contribution in [-0.2, 0) is 14.8 Å². The van der Waals surface area contributed by atoms with Gasteiger partial charge in [0.1, 0.15) is 11.5 Å². The maximum absolute atomic E-state index is 12.1. The van der Waals surface area contributed by atoms with Gasteiger partial charge in [0, 0.05) is 13.1 Å². The normalized spacial score (nSPS) is 11.1. The number of carbonyl (C=O) groups excluding carboxylic acids is 1. The van der Waals surface area contributed by atoms with Gasteiger partial charge < -0.3 is 15.8 Å². The number of amides is 1. The summed E-state index contributed by atoms with van der Waals surface area (Å²) in [5.41, 5.74) is 5.32. The van der Waals surface area contributed by atoms with Crippen molar-refractivity contribution in [1.82, 2.24) is 4.72 Å². The van der Waals surface area contributed by atoms with Gasteiger partial charge in [0.2, 0.25) is 10.0 Å². The molecular formula is C12H19N3O4S. The summed E-state index contributed by atoms with van der Waals surface area (Å²) >= 11 is 0. The minimum absolute atomic E-state index is 0.0343. The zero-order valence-electron chi connectivity index (χ0n) is 11.3. The highest BCUT2D eigenvalue weighted by atomic mass is 32.2. The summed E-state index contributed by atoms with van der Waals surface area (Å²) in [7, 11) is -3.66. The highest BCUT2D eigenvalue weighted by Crippen LogP contribution is 2.20. The summed E-state index contributed by atoms with van der Waals surface area (Å²) in [6.07, 6.45) is -0.0527. The quantitative estimate of drug-likeness (QED) is 0.617. The van der Waals surface area contributed by atoms with Gasteiger partial charge in [-0.3, -0.25) is 0 Å². The molecule has 112 valence electrons. The third kappa shape index (κ3) is 5.06. The molecule has 0 unspecified atom stereocenters. The molecule has 0 bridgehead atoms. The number of nitrogens with two attached hydrogens (primary N) is 1. The standard InChI is InChI=1S/C12H19N3O4S/c1-2-7-14-10-5-3-4-6-11(10)20(17,18)15-8-9-19-12(13)16/h3-6,14-15H,2,7-9H2,1H3,(H2,13,16). The zero-order valence-corrected chi connectivity index (χ0v) is 12.1.